The third-order valence-corrected chi connectivity index (χ3v) is 2.58. The van der Waals surface area contributed by atoms with E-state index in [2.05, 4.69) is 4.98 Å². The highest BCUT2D eigenvalue weighted by Gasteiger charge is 1.98. The minimum Gasteiger partial charge on any atom is -0.481 e. The maximum Gasteiger partial charge on any atom is 0.303 e. The van der Waals surface area contributed by atoms with Gasteiger partial charge in [0.1, 0.15) is 0 Å². The lowest BCUT2D eigenvalue weighted by Gasteiger charge is -1.99. The number of hydrogen-bond donors (Lipinski definition) is 1. The summed E-state index contributed by atoms with van der Waals surface area (Å²) in [7, 11) is 1.97. The molecule has 4 nitrogen and oxygen atoms in total. The molecule has 0 aliphatic carbocycles. The van der Waals surface area contributed by atoms with Crippen LogP contribution in [-0.2, 0) is 18.3 Å². The number of carboxylic acid groups (broad SMARTS) is 1. The van der Waals surface area contributed by atoms with Crippen LogP contribution in [0.15, 0.2) is 12.5 Å². The summed E-state index contributed by atoms with van der Waals surface area (Å²) >= 11 is 0. The van der Waals surface area contributed by atoms with Crippen LogP contribution in [0.5, 0.6) is 0 Å². The van der Waals surface area contributed by atoms with E-state index in [1.54, 1.807) is 0 Å². The van der Waals surface area contributed by atoms with Crippen molar-refractivity contribution in [2.45, 2.75) is 44.9 Å². The highest BCUT2D eigenvalue weighted by atomic mass is 16.4. The first-order valence-electron chi connectivity index (χ1n) is 5.87. The Bertz CT molecular complexity index is 321. The molecular weight excluding hydrogens is 204 g/mol. The lowest BCUT2D eigenvalue weighted by molar-refractivity contribution is -0.137. The number of imidazole rings is 1. The van der Waals surface area contributed by atoms with Gasteiger partial charge in [0.25, 0.3) is 0 Å². The zero-order valence-electron chi connectivity index (χ0n) is 9.85. The molecule has 90 valence electrons. The molecule has 0 aliphatic rings. The van der Waals surface area contributed by atoms with Gasteiger partial charge in [0.05, 0.1) is 12.0 Å². The van der Waals surface area contributed by atoms with Crippen LogP contribution >= 0.6 is 0 Å². The number of carbonyl (C=O) groups is 1. The van der Waals surface area contributed by atoms with Gasteiger partial charge < -0.3 is 9.67 Å². The quantitative estimate of drug-likeness (QED) is 0.690. The molecule has 0 unspecified atom stereocenters. The standard InChI is InChI=1S/C12H20N2O2/c1-14-9-11(13-10-14)7-5-3-2-4-6-8-12(15)16/h9-10H,2-8H2,1H3,(H,15,16). The minimum atomic E-state index is -0.687. The number of rotatable bonds is 8. The van der Waals surface area contributed by atoms with Crippen molar-refractivity contribution in [3.05, 3.63) is 18.2 Å². The number of aryl methyl sites for hydroxylation is 2. The van der Waals surface area contributed by atoms with Gasteiger partial charge in [-0.2, -0.15) is 0 Å². The molecule has 0 atom stereocenters. The second-order valence-electron chi connectivity index (χ2n) is 4.19. The van der Waals surface area contributed by atoms with E-state index in [1.807, 2.05) is 24.1 Å². The van der Waals surface area contributed by atoms with Crippen LogP contribution in [0.2, 0.25) is 0 Å². The van der Waals surface area contributed by atoms with Crippen LogP contribution in [-0.4, -0.2) is 20.6 Å². The number of unbranched alkanes of at least 4 members (excludes halogenated alkanes) is 4. The molecule has 1 rings (SSSR count). The molecule has 0 saturated carbocycles. The first-order chi connectivity index (χ1) is 7.68. The largest absolute Gasteiger partial charge is 0.481 e. The van der Waals surface area contributed by atoms with Crippen LogP contribution in [0, 0.1) is 0 Å². The number of carboxylic acids is 1. The van der Waals surface area contributed by atoms with Crippen molar-refractivity contribution in [2.75, 3.05) is 0 Å². The second-order valence-corrected chi connectivity index (χ2v) is 4.19. The van der Waals surface area contributed by atoms with Gasteiger partial charge in [0.2, 0.25) is 0 Å². The van der Waals surface area contributed by atoms with Gasteiger partial charge in [0.15, 0.2) is 0 Å². The molecule has 0 saturated heterocycles. The average molecular weight is 224 g/mol. The maximum absolute atomic E-state index is 10.3. The molecule has 0 spiro atoms. The molecular formula is C12H20N2O2. The molecule has 1 heterocycles. The Labute approximate surface area is 96.3 Å². The Balaban J connectivity index is 1.94. The molecule has 16 heavy (non-hydrogen) atoms. The van der Waals surface area contributed by atoms with E-state index in [1.165, 1.54) is 0 Å². The third-order valence-electron chi connectivity index (χ3n) is 2.58. The molecule has 1 N–H and O–H groups in total. The van der Waals surface area contributed by atoms with Gasteiger partial charge in [-0.1, -0.05) is 19.3 Å². The van der Waals surface area contributed by atoms with Crippen molar-refractivity contribution in [3.8, 4) is 0 Å². The first-order valence-corrected chi connectivity index (χ1v) is 5.87. The van der Waals surface area contributed by atoms with Gasteiger partial charge in [-0.3, -0.25) is 4.79 Å². The van der Waals surface area contributed by atoms with Gasteiger partial charge in [-0.15, -0.1) is 0 Å². The van der Waals surface area contributed by atoms with Crippen LogP contribution in [0.4, 0.5) is 0 Å². The Hall–Kier alpha value is -1.32. The smallest absolute Gasteiger partial charge is 0.303 e. The van der Waals surface area contributed by atoms with E-state index < -0.39 is 5.97 Å². The van der Waals surface area contributed by atoms with E-state index in [0.29, 0.717) is 6.42 Å². The molecule has 0 aromatic carbocycles. The topological polar surface area (TPSA) is 55.1 Å². The summed E-state index contributed by atoms with van der Waals surface area (Å²) in [6.45, 7) is 0. The van der Waals surface area contributed by atoms with E-state index in [4.69, 9.17) is 5.11 Å². The number of aliphatic carboxylic acids is 1. The monoisotopic (exact) mass is 224 g/mol. The lowest BCUT2D eigenvalue weighted by atomic mass is 10.1. The first kappa shape index (κ1) is 12.7. The summed E-state index contributed by atoms with van der Waals surface area (Å²) in [4.78, 5) is 14.5. The fourth-order valence-corrected chi connectivity index (χ4v) is 1.71. The Kier molecular flexibility index (Phi) is 5.61. The number of hydrogen-bond acceptors (Lipinski definition) is 2. The number of aromatic nitrogens is 2. The van der Waals surface area contributed by atoms with Gasteiger partial charge in [-0.25, -0.2) is 4.98 Å². The van der Waals surface area contributed by atoms with Crippen LogP contribution < -0.4 is 0 Å². The van der Waals surface area contributed by atoms with Crippen molar-refractivity contribution in [1.29, 1.82) is 0 Å². The SMILES string of the molecule is Cn1cnc(CCCCCCCC(=O)O)c1. The van der Waals surface area contributed by atoms with Gasteiger partial charge in [0, 0.05) is 19.7 Å². The molecule has 4 heteroatoms. The normalized spacial score (nSPS) is 10.6. The molecule has 0 aliphatic heterocycles. The maximum atomic E-state index is 10.3. The number of nitrogens with zero attached hydrogens (tertiary/aromatic N) is 2. The summed E-state index contributed by atoms with van der Waals surface area (Å²) in [5.74, 6) is -0.687. The van der Waals surface area contributed by atoms with Crippen molar-refractivity contribution in [3.63, 3.8) is 0 Å². The predicted molar refractivity (Wildman–Crippen MR) is 62.2 cm³/mol. The highest BCUT2D eigenvalue weighted by Crippen LogP contribution is 2.08. The summed E-state index contributed by atoms with van der Waals surface area (Å²) in [6.07, 6.45) is 10.5. The highest BCUT2D eigenvalue weighted by molar-refractivity contribution is 5.66. The van der Waals surface area contributed by atoms with E-state index in [9.17, 15) is 4.79 Å². The summed E-state index contributed by atoms with van der Waals surface area (Å²) in [5, 5.41) is 8.46. The third kappa shape index (κ3) is 5.53. The van der Waals surface area contributed by atoms with Crippen LogP contribution in [0.25, 0.3) is 0 Å². The van der Waals surface area contributed by atoms with Crippen molar-refractivity contribution < 1.29 is 9.90 Å². The Morgan fingerprint density at radius 1 is 1.31 bits per heavy atom. The lowest BCUT2D eigenvalue weighted by Crippen LogP contribution is -1.93. The van der Waals surface area contributed by atoms with Gasteiger partial charge in [-0.05, 0) is 19.3 Å². The molecule has 0 radical (unpaired) electrons. The van der Waals surface area contributed by atoms with Crippen LogP contribution in [0.3, 0.4) is 0 Å². The second kappa shape index (κ2) is 7.04. The molecule has 0 amide bonds. The van der Waals surface area contributed by atoms with E-state index in [0.717, 1.165) is 44.2 Å². The zero-order valence-corrected chi connectivity index (χ0v) is 9.85. The predicted octanol–water partition coefficient (Wildman–Crippen LogP) is 2.39. The fourth-order valence-electron chi connectivity index (χ4n) is 1.71. The Morgan fingerprint density at radius 2 is 2.00 bits per heavy atom. The Morgan fingerprint density at radius 3 is 2.62 bits per heavy atom. The summed E-state index contributed by atoms with van der Waals surface area (Å²) in [5.41, 5.74) is 1.15. The molecule has 0 fully saturated rings. The fraction of sp³-hybridized carbons (Fsp3) is 0.667. The van der Waals surface area contributed by atoms with Crippen molar-refractivity contribution in [1.82, 2.24) is 9.55 Å². The zero-order chi connectivity index (χ0) is 11.8. The average Bonchev–Trinajstić information content (AvgIpc) is 2.62. The van der Waals surface area contributed by atoms with Gasteiger partial charge >= 0.3 is 5.97 Å². The molecule has 1 aromatic heterocycles. The minimum absolute atomic E-state index is 0.306. The van der Waals surface area contributed by atoms with Crippen LogP contribution in [0.1, 0.15) is 44.2 Å². The summed E-state index contributed by atoms with van der Waals surface area (Å²) < 4.78 is 1.96. The summed E-state index contributed by atoms with van der Waals surface area (Å²) in [6, 6.07) is 0. The van der Waals surface area contributed by atoms with E-state index in [-0.39, 0.29) is 0 Å². The molecule has 0 bridgehead atoms. The van der Waals surface area contributed by atoms with Crippen molar-refractivity contribution >= 4 is 5.97 Å². The van der Waals surface area contributed by atoms with Crippen molar-refractivity contribution in [2.24, 2.45) is 7.05 Å². The molecule has 1 aromatic rings. The van der Waals surface area contributed by atoms with E-state index >= 15 is 0 Å².